The zero-order valence-corrected chi connectivity index (χ0v) is 32.8. The molecule has 4 N–H and O–H groups in total. The van der Waals surface area contributed by atoms with Gasteiger partial charge in [0, 0.05) is 32.0 Å². The van der Waals surface area contributed by atoms with Crippen LogP contribution in [-0.2, 0) is 19.1 Å². The van der Waals surface area contributed by atoms with Gasteiger partial charge in [0.1, 0.15) is 17.7 Å². The summed E-state index contributed by atoms with van der Waals surface area (Å²) in [5.74, 6) is 2.30. The number of ether oxygens (including phenoxy) is 2. The number of rotatable bonds is 12. The lowest BCUT2D eigenvalue weighted by Crippen LogP contribution is -2.54. The molecule has 2 aliphatic carbocycles. The molecule has 57 heavy (non-hydrogen) atoms. The Balaban J connectivity index is 0.922. The molecule has 2 saturated carbocycles. The Labute approximate surface area is 332 Å². The average Bonchev–Trinajstić information content (AvgIpc) is 4.11. The van der Waals surface area contributed by atoms with Gasteiger partial charge < -0.3 is 35.0 Å². The number of amides is 3. The minimum atomic E-state index is -0.886. The number of imidazole rings is 2. The molecule has 3 fully saturated rings. The number of likely N-dealkylation sites (tertiary alicyclic amines) is 1. The maximum Gasteiger partial charge on any atom is 0.407 e. The Morgan fingerprint density at radius 1 is 0.789 bits per heavy atom. The number of methoxy groups -OCH3 is 2. The first-order chi connectivity index (χ1) is 27.7. The van der Waals surface area contributed by atoms with Crippen LogP contribution in [-0.4, -0.2) is 80.6 Å². The predicted octanol–water partition coefficient (Wildman–Crippen LogP) is 6.96. The standard InChI is InChI=1S/C44H50N8O5/c1-25(33-7-5-19-45-22-33)48-42(53)38-32-18-17-31(21-32)37(38)41-47-24-35(50-41)30-15-11-28(12-16-30)27-9-13-29(14-10-27)34-23-46-40(49-34)36-8-6-20-52(36)43(54)39(26(2)56-3)51-44(55)57-4/h5,7,9-16,19,22-26,31-32,36-39H,6,8,17-18,20-21H2,1-4H3,(H,46,49)(H,47,50)(H,48,53)(H,51,55)/t25?,26-,31?,32?,36+,37?,38?,39+/m1/s1. The molecule has 0 spiro atoms. The minimum Gasteiger partial charge on any atom is -0.453 e. The van der Waals surface area contributed by atoms with Crippen molar-refractivity contribution >= 4 is 17.9 Å². The molecule has 13 heteroatoms. The largest absolute Gasteiger partial charge is 0.453 e. The number of carbonyl (C=O) groups excluding carboxylic acids is 3. The highest BCUT2D eigenvalue weighted by molar-refractivity contribution is 5.87. The lowest BCUT2D eigenvalue weighted by molar-refractivity contribution is -0.137. The van der Waals surface area contributed by atoms with E-state index < -0.39 is 18.2 Å². The number of aromatic amines is 2. The Morgan fingerprint density at radius 3 is 2.05 bits per heavy atom. The number of benzene rings is 2. The van der Waals surface area contributed by atoms with Crippen LogP contribution < -0.4 is 10.6 Å². The third-order valence-electron chi connectivity index (χ3n) is 12.4. The van der Waals surface area contributed by atoms with Crippen molar-refractivity contribution in [2.45, 2.75) is 76.1 Å². The zero-order valence-electron chi connectivity index (χ0n) is 32.8. The van der Waals surface area contributed by atoms with E-state index >= 15 is 0 Å². The molecule has 4 heterocycles. The summed E-state index contributed by atoms with van der Waals surface area (Å²) in [6.07, 6.45) is 10.9. The Morgan fingerprint density at radius 2 is 1.42 bits per heavy atom. The Bertz CT molecular complexity index is 2190. The maximum atomic E-state index is 13.7. The van der Waals surface area contributed by atoms with Gasteiger partial charge in [0.15, 0.2) is 0 Å². The summed E-state index contributed by atoms with van der Waals surface area (Å²) in [5.41, 5.74) is 6.98. The first kappa shape index (κ1) is 38.1. The highest BCUT2D eigenvalue weighted by atomic mass is 16.5. The van der Waals surface area contributed by atoms with Crippen LogP contribution in [0.1, 0.15) is 81.2 Å². The van der Waals surface area contributed by atoms with Gasteiger partial charge in [-0.25, -0.2) is 14.8 Å². The molecular formula is C44H50N8O5. The molecule has 1 aliphatic heterocycles. The second kappa shape index (κ2) is 16.3. The Kier molecular flexibility index (Phi) is 10.9. The van der Waals surface area contributed by atoms with Gasteiger partial charge in [-0.1, -0.05) is 54.6 Å². The van der Waals surface area contributed by atoms with E-state index in [2.05, 4.69) is 79.1 Å². The Hall–Kier alpha value is -5.82. The monoisotopic (exact) mass is 770 g/mol. The molecule has 296 valence electrons. The van der Waals surface area contributed by atoms with Crippen molar-refractivity contribution in [1.82, 2.24) is 40.5 Å². The molecule has 1 saturated heterocycles. The number of nitrogens with zero attached hydrogens (tertiary/aromatic N) is 4. The van der Waals surface area contributed by atoms with Crippen molar-refractivity contribution < 1.29 is 23.9 Å². The van der Waals surface area contributed by atoms with Crippen LogP contribution in [0, 0.1) is 17.8 Å². The third-order valence-corrected chi connectivity index (χ3v) is 12.4. The third kappa shape index (κ3) is 7.68. The fraction of sp³-hybridized carbons (Fsp3) is 0.409. The average molecular weight is 771 g/mol. The number of fused-ring (bicyclic) bond motifs is 2. The van der Waals surface area contributed by atoms with Gasteiger partial charge in [-0.15, -0.1) is 0 Å². The van der Waals surface area contributed by atoms with Crippen LogP contribution in [0.5, 0.6) is 0 Å². The van der Waals surface area contributed by atoms with Gasteiger partial charge in [-0.2, -0.15) is 0 Å². The van der Waals surface area contributed by atoms with Crippen molar-refractivity contribution in [3.8, 4) is 33.6 Å². The lowest BCUT2D eigenvalue weighted by atomic mass is 9.78. The number of hydrogen-bond acceptors (Lipinski definition) is 8. The van der Waals surface area contributed by atoms with Crippen molar-refractivity contribution in [2.75, 3.05) is 20.8 Å². The van der Waals surface area contributed by atoms with E-state index in [4.69, 9.17) is 14.5 Å². The molecule has 8 rings (SSSR count). The van der Waals surface area contributed by atoms with Crippen LogP contribution in [0.25, 0.3) is 33.6 Å². The van der Waals surface area contributed by atoms with E-state index in [-0.39, 0.29) is 35.7 Å². The van der Waals surface area contributed by atoms with Crippen molar-refractivity contribution in [3.63, 3.8) is 0 Å². The molecule has 2 bridgehead atoms. The summed E-state index contributed by atoms with van der Waals surface area (Å²) in [7, 11) is 2.77. The van der Waals surface area contributed by atoms with E-state index in [9.17, 15) is 14.4 Å². The molecule has 5 aromatic rings. The van der Waals surface area contributed by atoms with Crippen LogP contribution in [0.2, 0.25) is 0 Å². The molecule has 13 nitrogen and oxygen atoms in total. The smallest absolute Gasteiger partial charge is 0.407 e. The molecule has 3 aliphatic rings. The first-order valence-electron chi connectivity index (χ1n) is 19.9. The fourth-order valence-electron chi connectivity index (χ4n) is 9.27. The topological polar surface area (TPSA) is 167 Å². The summed E-state index contributed by atoms with van der Waals surface area (Å²) in [4.78, 5) is 61.9. The quantitative estimate of drug-likeness (QED) is 0.106. The highest BCUT2D eigenvalue weighted by Crippen LogP contribution is 2.56. The summed E-state index contributed by atoms with van der Waals surface area (Å²) in [6, 6.07) is 19.4. The lowest BCUT2D eigenvalue weighted by Gasteiger charge is -2.30. The van der Waals surface area contributed by atoms with Crippen molar-refractivity contribution in [3.05, 3.63) is 103 Å². The van der Waals surface area contributed by atoms with Gasteiger partial charge in [0.2, 0.25) is 11.8 Å². The van der Waals surface area contributed by atoms with Crippen LogP contribution in [0.4, 0.5) is 4.79 Å². The van der Waals surface area contributed by atoms with Gasteiger partial charge in [0.25, 0.3) is 0 Å². The van der Waals surface area contributed by atoms with Gasteiger partial charge in [-0.3, -0.25) is 14.6 Å². The summed E-state index contributed by atoms with van der Waals surface area (Å²) < 4.78 is 10.2. The fourth-order valence-corrected chi connectivity index (χ4v) is 9.27. The first-order valence-corrected chi connectivity index (χ1v) is 19.9. The number of carbonyl (C=O) groups is 3. The highest BCUT2D eigenvalue weighted by Gasteiger charge is 2.52. The van der Waals surface area contributed by atoms with E-state index in [1.54, 1.807) is 24.2 Å². The van der Waals surface area contributed by atoms with E-state index in [0.717, 1.165) is 77.1 Å². The van der Waals surface area contributed by atoms with Gasteiger partial charge in [0.05, 0.1) is 55.0 Å². The number of nitrogens with one attached hydrogen (secondary N) is 4. The number of aromatic nitrogens is 5. The number of pyridine rings is 1. The second-order valence-electron chi connectivity index (χ2n) is 15.7. The molecule has 3 aromatic heterocycles. The van der Waals surface area contributed by atoms with Crippen LogP contribution in [0.3, 0.4) is 0 Å². The van der Waals surface area contributed by atoms with E-state index in [1.165, 1.54) is 14.2 Å². The van der Waals surface area contributed by atoms with Gasteiger partial charge in [-0.05, 0) is 91.7 Å². The van der Waals surface area contributed by atoms with Crippen LogP contribution >= 0.6 is 0 Å². The predicted molar refractivity (Wildman–Crippen MR) is 214 cm³/mol. The van der Waals surface area contributed by atoms with Crippen molar-refractivity contribution in [1.29, 1.82) is 0 Å². The van der Waals surface area contributed by atoms with Crippen LogP contribution in [0.15, 0.2) is 85.5 Å². The normalized spacial score (nSPS) is 22.9. The summed E-state index contributed by atoms with van der Waals surface area (Å²) in [6.45, 7) is 4.31. The second-order valence-corrected chi connectivity index (χ2v) is 15.7. The SMILES string of the molecule is COC(=O)N[C@H](C(=O)N1CCC[C@H]1c1ncc(-c2ccc(-c3ccc(-c4cnc(C5C6CCC(C6)C5C(=O)NC(C)c5cccnc5)[nH]4)cc3)cc2)[nH]1)[C@@H](C)OC. The van der Waals surface area contributed by atoms with E-state index in [0.29, 0.717) is 24.2 Å². The maximum absolute atomic E-state index is 13.7. The molecule has 8 atom stereocenters. The van der Waals surface area contributed by atoms with Gasteiger partial charge >= 0.3 is 6.09 Å². The number of hydrogen-bond donors (Lipinski definition) is 4. The minimum absolute atomic E-state index is 0.0781. The molecule has 5 unspecified atom stereocenters. The molecular weight excluding hydrogens is 721 g/mol. The molecule has 3 amide bonds. The van der Waals surface area contributed by atoms with E-state index in [1.807, 2.05) is 31.5 Å². The summed E-state index contributed by atoms with van der Waals surface area (Å²) >= 11 is 0. The summed E-state index contributed by atoms with van der Waals surface area (Å²) in [5, 5.41) is 5.90. The number of alkyl carbamates (subject to hydrolysis) is 1. The number of H-pyrrole nitrogens is 2. The molecule has 0 radical (unpaired) electrons. The van der Waals surface area contributed by atoms with Crippen molar-refractivity contribution in [2.24, 2.45) is 17.8 Å². The molecule has 2 aromatic carbocycles. The zero-order chi connectivity index (χ0) is 39.6.